The monoisotopic (exact) mass is 435 g/mol. The van der Waals surface area contributed by atoms with E-state index >= 15 is 0 Å². The molecule has 31 heavy (non-hydrogen) atoms. The molecule has 6 nitrogen and oxygen atoms in total. The van der Waals surface area contributed by atoms with Crippen molar-refractivity contribution in [3.63, 3.8) is 0 Å². The van der Waals surface area contributed by atoms with Crippen molar-refractivity contribution in [1.82, 2.24) is 10.3 Å². The lowest BCUT2D eigenvalue weighted by Gasteiger charge is -2.34. The third-order valence-corrected chi connectivity index (χ3v) is 5.77. The Labute approximate surface area is 182 Å². The number of nitrogens with zero attached hydrogens (tertiary/aromatic N) is 2. The predicted molar refractivity (Wildman–Crippen MR) is 116 cm³/mol. The number of halogens is 2. The van der Waals surface area contributed by atoms with Gasteiger partial charge in [0.2, 0.25) is 11.8 Å². The molecule has 0 bridgehead atoms. The normalized spacial score (nSPS) is 20.8. The molecule has 0 aliphatic heterocycles. The average Bonchev–Trinajstić information content (AvgIpc) is 2.80. The molecule has 0 radical (unpaired) electrons. The highest BCUT2D eigenvalue weighted by atomic mass is 19.3. The number of aliphatic imine (C=N–C) groups is 1. The van der Waals surface area contributed by atoms with Crippen LogP contribution in [0.1, 0.15) is 56.3 Å². The second kappa shape index (κ2) is 12.2. The highest BCUT2D eigenvalue weighted by Gasteiger charge is 2.29. The van der Waals surface area contributed by atoms with Gasteiger partial charge in [-0.25, -0.2) is 9.98 Å². The van der Waals surface area contributed by atoms with Gasteiger partial charge in [0.25, 0.3) is 5.91 Å². The Hall–Kier alpha value is -2.77. The first kappa shape index (κ1) is 24.5. The number of amides is 1. The molecular weight excluding hydrogens is 404 g/mol. The van der Waals surface area contributed by atoms with Crippen molar-refractivity contribution in [2.45, 2.75) is 58.6 Å². The number of nitrogens with one attached hydrogen (secondary N) is 1. The van der Waals surface area contributed by atoms with E-state index in [0.29, 0.717) is 17.4 Å². The highest BCUT2D eigenvalue weighted by molar-refractivity contribution is 5.94. The molecule has 8 heteroatoms. The van der Waals surface area contributed by atoms with Crippen LogP contribution in [0.5, 0.6) is 5.88 Å². The lowest BCUT2D eigenvalue weighted by atomic mass is 9.75. The molecule has 0 aromatic carbocycles. The van der Waals surface area contributed by atoms with E-state index in [2.05, 4.69) is 33.7 Å². The number of allylic oxidation sites excluding steroid dienone is 3. The summed E-state index contributed by atoms with van der Waals surface area (Å²) in [6.45, 7) is 4.31. The third-order valence-electron chi connectivity index (χ3n) is 5.77. The third kappa shape index (κ3) is 7.15. The van der Waals surface area contributed by atoms with E-state index < -0.39 is 6.61 Å². The summed E-state index contributed by atoms with van der Waals surface area (Å²) in [5.74, 6) is 0.736. The summed E-state index contributed by atoms with van der Waals surface area (Å²) >= 11 is 0. The summed E-state index contributed by atoms with van der Waals surface area (Å²) in [7, 11) is 1.53. The fourth-order valence-corrected chi connectivity index (χ4v) is 4.08. The van der Waals surface area contributed by atoms with Crippen molar-refractivity contribution in [3.8, 4) is 5.88 Å². The van der Waals surface area contributed by atoms with Gasteiger partial charge in [0.1, 0.15) is 0 Å². The maximum atomic E-state index is 12.6. The van der Waals surface area contributed by atoms with Crippen LogP contribution in [-0.4, -0.2) is 37.4 Å². The zero-order valence-electron chi connectivity index (χ0n) is 18.3. The molecule has 0 spiro atoms. The van der Waals surface area contributed by atoms with Gasteiger partial charge in [0.05, 0.1) is 12.7 Å². The van der Waals surface area contributed by atoms with Crippen molar-refractivity contribution < 1.29 is 23.0 Å². The number of pyridine rings is 1. The summed E-state index contributed by atoms with van der Waals surface area (Å²) in [6, 6.07) is 3.42. The first-order chi connectivity index (χ1) is 14.9. The zero-order valence-corrected chi connectivity index (χ0v) is 18.3. The van der Waals surface area contributed by atoms with E-state index in [1.165, 1.54) is 13.3 Å². The van der Waals surface area contributed by atoms with Crippen molar-refractivity contribution >= 4 is 12.6 Å². The predicted octanol–water partition coefficient (Wildman–Crippen LogP) is 5.13. The number of carbonyl (C=O) groups excluding carboxylic acids is 1. The highest BCUT2D eigenvalue weighted by Crippen LogP contribution is 2.36. The van der Waals surface area contributed by atoms with Crippen LogP contribution in [0.15, 0.2) is 46.9 Å². The van der Waals surface area contributed by atoms with Gasteiger partial charge in [0, 0.05) is 24.4 Å². The minimum atomic E-state index is -2.93. The maximum absolute atomic E-state index is 12.6. The van der Waals surface area contributed by atoms with Crippen molar-refractivity contribution in [1.29, 1.82) is 0 Å². The quantitative estimate of drug-likeness (QED) is 0.314. The molecule has 1 amide bonds. The van der Waals surface area contributed by atoms with Crippen LogP contribution < -0.4 is 10.1 Å². The van der Waals surface area contributed by atoms with Gasteiger partial charge in [-0.2, -0.15) is 8.78 Å². The fraction of sp³-hybridized carbons (Fsp3) is 0.522. The van der Waals surface area contributed by atoms with E-state index in [9.17, 15) is 13.6 Å². The molecule has 1 atom stereocenters. The Kier molecular flexibility index (Phi) is 9.62. The molecule has 1 aliphatic carbocycles. The standard InChI is InChI=1S/C23H31F2N3O3/c1-5-15(13-21(26-3)31-23(24)25)16-7-9-17(10-8-16)19(6-2)28-22(29)18-11-12-20(30-4)27-14-18/h5,11-14,16-17,19,23H,3,6-10H2,1-2,4H3,(H,28,29)/b15-5+,21-13+/t16?,17?,19-/m0/s1. The smallest absolute Gasteiger partial charge is 0.388 e. The maximum Gasteiger partial charge on any atom is 0.388 e. The lowest BCUT2D eigenvalue weighted by molar-refractivity contribution is -0.0965. The summed E-state index contributed by atoms with van der Waals surface area (Å²) in [5, 5.41) is 3.14. The zero-order chi connectivity index (χ0) is 22.8. The first-order valence-corrected chi connectivity index (χ1v) is 10.5. The minimum Gasteiger partial charge on any atom is -0.481 e. The van der Waals surface area contributed by atoms with Crippen LogP contribution in [0.25, 0.3) is 0 Å². The molecule has 2 rings (SSSR count). The van der Waals surface area contributed by atoms with E-state index in [0.717, 1.165) is 37.7 Å². The van der Waals surface area contributed by atoms with Gasteiger partial charge in [0.15, 0.2) is 0 Å². The number of aromatic nitrogens is 1. The number of hydrogen-bond donors (Lipinski definition) is 1. The van der Waals surface area contributed by atoms with Crippen LogP contribution in [0.2, 0.25) is 0 Å². The number of ether oxygens (including phenoxy) is 2. The van der Waals surface area contributed by atoms with E-state index in [1.54, 1.807) is 18.2 Å². The second-order valence-electron chi connectivity index (χ2n) is 7.50. The van der Waals surface area contributed by atoms with Gasteiger partial charge >= 0.3 is 6.61 Å². The summed E-state index contributed by atoms with van der Waals surface area (Å²) < 4.78 is 34.4. The molecule has 1 N–H and O–H groups in total. The Morgan fingerprint density at radius 3 is 2.55 bits per heavy atom. The molecule has 0 unspecified atom stereocenters. The van der Waals surface area contributed by atoms with Gasteiger partial charge in [-0.1, -0.05) is 13.0 Å². The largest absolute Gasteiger partial charge is 0.481 e. The molecule has 1 aromatic heterocycles. The number of rotatable bonds is 10. The Morgan fingerprint density at radius 1 is 1.35 bits per heavy atom. The number of hydrogen-bond acceptors (Lipinski definition) is 5. The topological polar surface area (TPSA) is 72.8 Å². The molecule has 170 valence electrons. The average molecular weight is 436 g/mol. The van der Waals surface area contributed by atoms with Crippen LogP contribution in [0, 0.1) is 11.8 Å². The molecule has 1 heterocycles. The SMILES string of the molecule is C=N/C(=C\C(=C/C)C1CCC([C@H](CC)NC(=O)c2ccc(OC)nc2)CC1)OC(F)F. The number of alkyl halides is 2. The molecule has 0 saturated heterocycles. The van der Waals surface area contributed by atoms with Crippen LogP contribution in [-0.2, 0) is 4.74 Å². The number of carbonyl (C=O) groups is 1. The molecule has 1 fully saturated rings. The Bertz CT molecular complexity index is 786. The van der Waals surface area contributed by atoms with Gasteiger partial charge < -0.3 is 14.8 Å². The summed E-state index contributed by atoms with van der Waals surface area (Å²) in [6.07, 6.45) is 9.44. The molecule has 1 aromatic rings. The van der Waals surface area contributed by atoms with Gasteiger partial charge in [-0.3, -0.25) is 4.79 Å². The van der Waals surface area contributed by atoms with Crippen LogP contribution >= 0.6 is 0 Å². The van der Waals surface area contributed by atoms with Crippen molar-refractivity contribution in [2.75, 3.05) is 7.11 Å². The second-order valence-corrected chi connectivity index (χ2v) is 7.50. The van der Waals surface area contributed by atoms with Crippen LogP contribution in [0.3, 0.4) is 0 Å². The fourth-order valence-electron chi connectivity index (χ4n) is 4.08. The molecule has 1 saturated carbocycles. The number of methoxy groups -OCH3 is 1. The summed E-state index contributed by atoms with van der Waals surface area (Å²) in [5.41, 5.74) is 1.42. The summed E-state index contributed by atoms with van der Waals surface area (Å²) in [4.78, 5) is 20.3. The molecular formula is C23H31F2N3O3. The van der Waals surface area contributed by atoms with Crippen molar-refractivity contribution in [3.05, 3.63) is 47.5 Å². The first-order valence-electron chi connectivity index (χ1n) is 10.5. The van der Waals surface area contributed by atoms with E-state index in [-0.39, 0.29) is 23.8 Å². The van der Waals surface area contributed by atoms with Crippen molar-refractivity contribution in [2.24, 2.45) is 16.8 Å². The minimum absolute atomic E-state index is 0.0627. The van der Waals surface area contributed by atoms with Gasteiger partial charge in [-0.15, -0.1) is 0 Å². The van der Waals surface area contributed by atoms with Gasteiger partial charge in [-0.05, 0) is 69.2 Å². The molecule has 1 aliphatic rings. The van der Waals surface area contributed by atoms with Crippen LogP contribution in [0.4, 0.5) is 8.78 Å². The van der Waals surface area contributed by atoms with E-state index in [1.807, 2.05) is 13.0 Å². The van der Waals surface area contributed by atoms with E-state index in [4.69, 9.17) is 4.74 Å². The Balaban J connectivity index is 1.96. The Morgan fingerprint density at radius 2 is 2.06 bits per heavy atom. The lowest BCUT2D eigenvalue weighted by Crippen LogP contribution is -2.41.